The van der Waals surface area contributed by atoms with Gasteiger partial charge in [-0.1, -0.05) is 135 Å². The van der Waals surface area contributed by atoms with E-state index in [0.29, 0.717) is 18.7 Å². The molecule has 0 aliphatic carbocycles. The Morgan fingerprint density at radius 1 is 0.717 bits per heavy atom. The Hall–Kier alpha value is -2.84. The molecular weight excluding hydrogens is 596 g/mol. The number of aliphatic hydroxyl groups is 1. The first-order valence-corrected chi connectivity index (χ1v) is 18.0. The van der Waals surface area contributed by atoms with Gasteiger partial charge in [-0.2, -0.15) is 0 Å². The molecule has 0 heterocycles. The van der Waals surface area contributed by atoms with E-state index in [1.165, 1.54) is 6.42 Å². The third-order valence-corrected chi connectivity index (χ3v) is 6.77. The molecule has 0 aromatic rings. The number of aliphatic hydroxyl groups excluding tert-OH is 1. The van der Waals surface area contributed by atoms with Crippen molar-refractivity contribution in [1.82, 2.24) is 10.6 Å². The number of hydrogen-bond donors (Lipinski definition) is 3. The molecule has 0 aromatic heterocycles. The summed E-state index contributed by atoms with van der Waals surface area (Å²) >= 11 is 0.998. The molecule has 1 atom stereocenters. The molecule has 0 unspecified atom stereocenters. The SMILES string of the molecule is CC.CC/C=C\C/C=C\C/C=C\C/C=C\C/C=C\C/C=C\CC(=O)OSCCNC(=O)CCNC(=O)[C@H](O)C(C)(C)CC.CCC. The molecule has 0 aromatic carbocycles. The van der Waals surface area contributed by atoms with Crippen molar-refractivity contribution in [2.75, 3.05) is 18.8 Å². The molecule has 0 saturated heterocycles. The fraction of sp³-hybridized carbons (Fsp3) is 0.605. The smallest absolute Gasteiger partial charge is 0.321 e. The lowest BCUT2D eigenvalue weighted by atomic mass is 9.83. The van der Waals surface area contributed by atoms with Gasteiger partial charge in [0.15, 0.2) is 0 Å². The van der Waals surface area contributed by atoms with Crippen LogP contribution in [-0.2, 0) is 18.6 Å². The Bertz CT molecular complexity index is 920. The highest BCUT2D eigenvalue weighted by atomic mass is 32.2. The van der Waals surface area contributed by atoms with Crippen LogP contribution in [0.5, 0.6) is 0 Å². The zero-order valence-electron chi connectivity index (χ0n) is 30.2. The maximum absolute atomic E-state index is 12.0. The van der Waals surface area contributed by atoms with Crippen molar-refractivity contribution < 1.29 is 23.7 Å². The summed E-state index contributed by atoms with van der Waals surface area (Å²) in [6.45, 7) is 16.4. The van der Waals surface area contributed by atoms with E-state index in [4.69, 9.17) is 4.18 Å². The van der Waals surface area contributed by atoms with Crippen LogP contribution >= 0.6 is 12.0 Å². The summed E-state index contributed by atoms with van der Waals surface area (Å²) in [5.74, 6) is -0.604. The molecule has 7 nitrogen and oxygen atoms in total. The fourth-order valence-electron chi connectivity index (χ4n) is 3.11. The minimum Gasteiger partial charge on any atom is -0.391 e. The molecule has 0 fully saturated rings. The monoisotopic (exact) mass is 662 g/mol. The van der Waals surface area contributed by atoms with Crippen molar-refractivity contribution in [2.24, 2.45) is 5.41 Å². The molecular formula is C38H66N2O5S. The lowest BCUT2D eigenvalue weighted by molar-refractivity contribution is -0.135. The van der Waals surface area contributed by atoms with Crippen LogP contribution in [0, 0.1) is 5.41 Å². The topological polar surface area (TPSA) is 105 Å². The predicted molar refractivity (Wildman–Crippen MR) is 199 cm³/mol. The van der Waals surface area contributed by atoms with Crippen LogP contribution in [-0.4, -0.2) is 47.8 Å². The van der Waals surface area contributed by atoms with Crippen molar-refractivity contribution in [1.29, 1.82) is 0 Å². The highest BCUT2D eigenvalue weighted by Gasteiger charge is 2.31. The summed E-state index contributed by atoms with van der Waals surface area (Å²) in [4.78, 5) is 35.6. The minimum absolute atomic E-state index is 0.109. The molecule has 0 aliphatic rings. The second-order valence-corrected chi connectivity index (χ2v) is 11.6. The molecule has 8 heteroatoms. The Morgan fingerprint density at radius 3 is 1.59 bits per heavy atom. The maximum atomic E-state index is 12.0. The van der Waals surface area contributed by atoms with Gasteiger partial charge in [0.25, 0.3) is 0 Å². The van der Waals surface area contributed by atoms with E-state index in [0.717, 1.165) is 50.6 Å². The summed E-state index contributed by atoms with van der Waals surface area (Å²) in [5.41, 5.74) is -0.521. The third-order valence-electron chi connectivity index (χ3n) is 6.09. The lowest BCUT2D eigenvalue weighted by Gasteiger charge is -2.28. The first-order valence-electron chi connectivity index (χ1n) is 17.1. The minimum atomic E-state index is -1.12. The Morgan fingerprint density at radius 2 is 1.15 bits per heavy atom. The number of amides is 2. The Kier molecular flexibility index (Phi) is 37.9. The van der Waals surface area contributed by atoms with Gasteiger partial charge in [0.2, 0.25) is 11.8 Å². The van der Waals surface area contributed by atoms with Crippen molar-refractivity contribution in [2.45, 2.75) is 126 Å². The maximum Gasteiger partial charge on any atom is 0.321 e. The molecule has 0 saturated carbocycles. The van der Waals surface area contributed by atoms with Gasteiger partial charge >= 0.3 is 5.97 Å². The van der Waals surface area contributed by atoms with Gasteiger partial charge in [-0.3, -0.25) is 14.4 Å². The van der Waals surface area contributed by atoms with Crippen LogP contribution in [0.15, 0.2) is 72.9 Å². The van der Waals surface area contributed by atoms with Gasteiger partial charge in [0.1, 0.15) is 6.10 Å². The first kappa shape index (κ1) is 47.6. The second-order valence-electron chi connectivity index (χ2n) is 10.7. The highest BCUT2D eigenvalue weighted by Crippen LogP contribution is 2.24. The summed E-state index contributed by atoms with van der Waals surface area (Å²) in [7, 11) is 0. The van der Waals surface area contributed by atoms with Crippen LogP contribution in [0.3, 0.4) is 0 Å². The van der Waals surface area contributed by atoms with E-state index in [1.807, 2.05) is 40.7 Å². The van der Waals surface area contributed by atoms with E-state index in [9.17, 15) is 19.5 Å². The summed E-state index contributed by atoms with van der Waals surface area (Å²) in [6.07, 6.45) is 32.0. The van der Waals surface area contributed by atoms with Crippen molar-refractivity contribution in [3.63, 3.8) is 0 Å². The van der Waals surface area contributed by atoms with Crippen molar-refractivity contribution in [3.05, 3.63) is 72.9 Å². The summed E-state index contributed by atoms with van der Waals surface area (Å²) in [5, 5.41) is 15.4. The Labute approximate surface area is 286 Å². The predicted octanol–water partition coefficient (Wildman–Crippen LogP) is 9.13. The quantitative estimate of drug-likeness (QED) is 0.0573. The largest absolute Gasteiger partial charge is 0.391 e. The van der Waals surface area contributed by atoms with E-state index in [1.54, 1.807) is 6.08 Å². The number of allylic oxidation sites excluding steroid dienone is 11. The molecule has 0 aliphatic heterocycles. The number of carbonyl (C=O) groups is 3. The zero-order valence-corrected chi connectivity index (χ0v) is 31.0. The van der Waals surface area contributed by atoms with Gasteiger partial charge in [-0.25, -0.2) is 0 Å². The Balaban J connectivity index is -0.00000347. The van der Waals surface area contributed by atoms with E-state index in [2.05, 4.69) is 92.2 Å². The fourth-order valence-corrected chi connectivity index (χ4v) is 3.58. The van der Waals surface area contributed by atoms with E-state index >= 15 is 0 Å². The molecule has 0 bridgehead atoms. The summed E-state index contributed by atoms with van der Waals surface area (Å²) < 4.78 is 5.09. The average molecular weight is 663 g/mol. The zero-order chi connectivity index (χ0) is 35.3. The van der Waals surface area contributed by atoms with E-state index < -0.39 is 17.4 Å². The molecule has 0 rings (SSSR count). The van der Waals surface area contributed by atoms with E-state index in [-0.39, 0.29) is 31.3 Å². The number of rotatable bonds is 23. The van der Waals surface area contributed by atoms with Gasteiger partial charge in [0, 0.05) is 25.3 Å². The van der Waals surface area contributed by atoms with Crippen molar-refractivity contribution >= 4 is 29.8 Å². The van der Waals surface area contributed by atoms with Gasteiger partial charge in [0.05, 0.1) is 18.5 Å². The van der Waals surface area contributed by atoms with Gasteiger partial charge in [-0.05, 0) is 50.4 Å². The molecule has 264 valence electrons. The molecule has 0 radical (unpaired) electrons. The number of carbonyl (C=O) groups excluding carboxylic acids is 3. The van der Waals surface area contributed by atoms with Crippen molar-refractivity contribution in [3.8, 4) is 0 Å². The third kappa shape index (κ3) is 34.0. The van der Waals surface area contributed by atoms with Gasteiger partial charge < -0.3 is 19.9 Å². The number of nitrogens with one attached hydrogen (secondary N) is 2. The second kappa shape index (κ2) is 36.6. The first-order chi connectivity index (χ1) is 22.2. The molecule has 0 spiro atoms. The van der Waals surface area contributed by atoms with Crippen LogP contribution in [0.2, 0.25) is 0 Å². The van der Waals surface area contributed by atoms with Gasteiger partial charge in [-0.15, -0.1) is 0 Å². The standard InChI is InChI=1S/C33H52N2O5S.C3H8.C2H6/c1-5-7-8-9-10-11-12-13-14-15-16-17-18-19-20-21-22-23-24-30(37)40-41-28-27-34-29(36)25-26-35-32(39)31(38)33(3,4)6-2;1-3-2;1-2/h7-8,10-11,13-14,16-17,19-20,22-23,31,38H,5-6,9,12,15,18,21,24-28H2,1-4H3,(H,34,36)(H,35,39);3H2,1-2H3;1-2H3/b8-7-,11-10-,14-13-,17-16-,20-19-,23-22-;;/t31-;;/m0../s1. The van der Waals surface area contributed by atoms with Crippen LogP contribution in [0.25, 0.3) is 0 Å². The average Bonchev–Trinajstić information content (AvgIpc) is 3.04. The van der Waals surface area contributed by atoms with Crippen LogP contribution in [0.4, 0.5) is 0 Å². The molecule has 2 amide bonds. The molecule has 46 heavy (non-hydrogen) atoms. The van der Waals surface area contributed by atoms with Crippen LogP contribution < -0.4 is 10.6 Å². The number of hydrogen-bond acceptors (Lipinski definition) is 6. The van der Waals surface area contributed by atoms with Crippen LogP contribution in [0.1, 0.15) is 120 Å². The summed E-state index contributed by atoms with van der Waals surface area (Å²) in [6, 6.07) is 0. The molecule has 3 N–H and O–H groups in total. The normalized spacial score (nSPS) is 12.5. The highest BCUT2D eigenvalue weighted by molar-refractivity contribution is 7.95. The lowest BCUT2D eigenvalue weighted by Crippen LogP contribution is -2.44.